The van der Waals surface area contributed by atoms with Crippen molar-refractivity contribution in [3.8, 4) is 0 Å². The van der Waals surface area contributed by atoms with Crippen LogP contribution in [-0.4, -0.2) is 12.5 Å². The van der Waals surface area contributed by atoms with Crippen LogP contribution >= 0.6 is 0 Å². The Hall–Kier alpha value is -1.61. The van der Waals surface area contributed by atoms with E-state index in [2.05, 4.69) is 30.4 Å². The smallest absolute Gasteiger partial charge is 0.313 e. The molecule has 0 bridgehead atoms. The number of esters is 1. The van der Waals surface area contributed by atoms with Gasteiger partial charge in [-0.1, -0.05) is 24.3 Å². The maximum Gasteiger partial charge on any atom is 0.313 e. The van der Waals surface area contributed by atoms with E-state index in [-0.39, 0.29) is 12.5 Å². The van der Waals surface area contributed by atoms with Gasteiger partial charge >= 0.3 is 5.97 Å². The molecule has 0 aromatic heterocycles. The summed E-state index contributed by atoms with van der Waals surface area (Å²) < 4.78 is 5.73. The molecule has 3 heteroatoms. The molecule has 1 aromatic rings. The Morgan fingerprint density at radius 3 is 2.67 bits per heavy atom. The molecule has 1 aliphatic rings. The van der Waals surface area contributed by atoms with Gasteiger partial charge in [0.2, 0.25) is 0 Å². The first-order valence-corrected chi connectivity index (χ1v) is 7.50. The molecule has 0 saturated carbocycles. The van der Waals surface area contributed by atoms with Crippen LogP contribution in [0, 0.1) is 5.41 Å². The average molecular weight is 287 g/mol. The van der Waals surface area contributed by atoms with Crippen LogP contribution in [0.2, 0.25) is 0 Å². The van der Waals surface area contributed by atoms with Gasteiger partial charge in [-0.05, 0) is 63.3 Å². The Bertz CT molecular complexity index is 571. The highest BCUT2D eigenvalue weighted by atomic mass is 16.6. The van der Waals surface area contributed by atoms with Crippen molar-refractivity contribution >= 4 is 12.0 Å². The molecular weight excluding hydrogens is 262 g/mol. The fourth-order valence-electron chi connectivity index (χ4n) is 2.31. The molecular formula is C18H25NO2. The van der Waals surface area contributed by atoms with Gasteiger partial charge in [-0.3, -0.25) is 4.79 Å². The standard InChI is InChI=1S/C18H25NO2/c1-17(2,12-19)16(20)21-18(3,4)15-10-9-13-7-5-6-8-14(13)11-15/h6,8-11H,5,7,12,19H2,1-4H3. The van der Waals surface area contributed by atoms with Gasteiger partial charge in [0.1, 0.15) is 5.60 Å². The van der Waals surface area contributed by atoms with Crippen molar-refractivity contribution in [2.75, 3.05) is 6.54 Å². The summed E-state index contributed by atoms with van der Waals surface area (Å²) in [6, 6.07) is 6.31. The summed E-state index contributed by atoms with van der Waals surface area (Å²) in [5.41, 5.74) is 7.91. The zero-order valence-corrected chi connectivity index (χ0v) is 13.4. The third kappa shape index (κ3) is 3.35. The summed E-state index contributed by atoms with van der Waals surface area (Å²) in [7, 11) is 0. The van der Waals surface area contributed by atoms with Crippen molar-refractivity contribution < 1.29 is 9.53 Å². The van der Waals surface area contributed by atoms with E-state index >= 15 is 0 Å². The fourth-order valence-corrected chi connectivity index (χ4v) is 2.31. The lowest BCUT2D eigenvalue weighted by atomic mass is 9.89. The molecule has 1 aromatic carbocycles. The Morgan fingerprint density at radius 1 is 1.29 bits per heavy atom. The second-order valence-corrected chi connectivity index (χ2v) is 6.84. The third-order valence-electron chi connectivity index (χ3n) is 4.13. The molecule has 2 N–H and O–H groups in total. The van der Waals surface area contributed by atoms with Crippen LogP contribution in [0.25, 0.3) is 6.08 Å². The normalized spacial score (nSPS) is 14.7. The van der Waals surface area contributed by atoms with Crippen LogP contribution < -0.4 is 5.73 Å². The van der Waals surface area contributed by atoms with Crippen molar-refractivity contribution in [1.29, 1.82) is 0 Å². The highest BCUT2D eigenvalue weighted by Crippen LogP contribution is 2.31. The van der Waals surface area contributed by atoms with Gasteiger partial charge in [0.25, 0.3) is 0 Å². The minimum Gasteiger partial charge on any atom is -0.454 e. The van der Waals surface area contributed by atoms with E-state index in [1.165, 1.54) is 11.1 Å². The van der Waals surface area contributed by atoms with Crippen molar-refractivity contribution in [3.05, 3.63) is 41.0 Å². The number of benzene rings is 1. The lowest BCUT2D eigenvalue weighted by Gasteiger charge is -2.31. The number of carbonyl (C=O) groups is 1. The number of allylic oxidation sites excluding steroid dienone is 1. The molecule has 0 aliphatic heterocycles. The average Bonchev–Trinajstić information content (AvgIpc) is 2.46. The third-order valence-corrected chi connectivity index (χ3v) is 4.13. The Labute approximate surface area is 127 Å². The van der Waals surface area contributed by atoms with Crippen molar-refractivity contribution in [2.45, 2.75) is 46.1 Å². The zero-order chi connectivity index (χ0) is 15.7. The van der Waals surface area contributed by atoms with Crippen molar-refractivity contribution in [3.63, 3.8) is 0 Å². The summed E-state index contributed by atoms with van der Waals surface area (Å²) in [6.45, 7) is 7.73. The maximum absolute atomic E-state index is 12.3. The van der Waals surface area contributed by atoms with Gasteiger partial charge in [0, 0.05) is 6.54 Å². The molecule has 0 heterocycles. The number of aryl methyl sites for hydroxylation is 1. The first kappa shape index (κ1) is 15.8. The highest BCUT2D eigenvalue weighted by molar-refractivity contribution is 5.76. The number of nitrogens with two attached hydrogens (primary N) is 1. The lowest BCUT2D eigenvalue weighted by molar-refractivity contribution is -0.167. The van der Waals surface area contributed by atoms with E-state index in [9.17, 15) is 4.79 Å². The van der Waals surface area contributed by atoms with E-state index in [1.54, 1.807) is 13.8 Å². The molecule has 0 fully saturated rings. The molecule has 2 rings (SSSR count). The van der Waals surface area contributed by atoms with Gasteiger partial charge in [0.15, 0.2) is 0 Å². The van der Waals surface area contributed by atoms with E-state index in [4.69, 9.17) is 10.5 Å². The minimum atomic E-state index is -0.663. The van der Waals surface area contributed by atoms with Gasteiger partial charge in [-0.25, -0.2) is 0 Å². The minimum absolute atomic E-state index is 0.261. The molecule has 0 spiro atoms. The van der Waals surface area contributed by atoms with Crippen molar-refractivity contribution in [2.24, 2.45) is 11.1 Å². The number of ether oxygens (including phenoxy) is 1. The quantitative estimate of drug-likeness (QED) is 0.863. The van der Waals surface area contributed by atoms with Crippen LogP contribution in [0.1, 0.15) is 50.8 Å². The molecule has 0 radical (unpaired) electrons. The molecule has 0 atom stereocenters. The second kappa shape index (κ2) is 5.64. The topological polar surface area (TPSA) is 52.3 Å². The zero-order valence-electron chi connectivity index (χ0n) is 13.4. The van der Waals surface area contributed by atoms with Gasteiger partial charge in [-0.2, -0.15) is 0 Å². The van der Waals surface area contributed by atoms with Crippen LogP contribution in [0.5, 0.6) is 0 Å². The molecule has 0 saturated heterocycles. The SMILES string of the molecule is CC(C)(CN)C(=O)OC(C)(C)c1ccc2c(c1)C=CCC2. The number of fused-ring (bicyclic) bond motifs is 1. The Balaban J connectivity index is 2.24. The van der Waals surface area contributed by atoms with Crippen LogP contribution in [0.15, 0.2) is 24.3 Å². The van der Waals surface area contributed by atoms with Crippen LogP contribution in [0.4, 0.5) is 0 Å². The monoisotopic (exact) mass is 287 g/mol. The largest absolute Gasteiger partial charge is 0.454 e. The van der Waals surface area contributed by atoms with E-state index in [1.807, 2.05) is 13.8 Å². The van der Waals surface area contributed by atoms with E-state index < -0.39 is 11.0 Å². The first-order chi connectivity index (χ1) is 9.76. The summed E-state index contributed by atoms with van der Waals surface area (Å²) in [5.74, 6) is -0.261. The summed E-state index contributed by atoms with van der Waals surface area (Å²) >= 11 is 0. The summed E-state index contributed by atoms with van der Waals surface area (Å²) in [6.07, 6.45) is 6.49. The van der Waals surface area contributed by atoms with Gasteiger partial charge in [0.05, 0.1) is 5.41 Å². The number of hydrogen-bond donors (Lipinski definition) is 1. The van der Waals surface area contributed by atoms with E-state index in [0.29, 0.717) is 0 Å². The Morgan fingerprint density at radius 2 is 2.00 bits per heavy atom. The first-order valence-electron chi connectivity index (χ1n) is 7.50. The predicted octanol–water partition coefficient (Wildman–Crippen LogP) is 3.41. The maximum atomic E-state index is 12.3. The molecule has 21 heavy (non-hydrogen) atoms. The molecule has 3 nitrogen and oxygen atoms in total. The van der Waals surface area contributed by atoms with Crippen molar-refractivity contribution in [1.82, 2.24) is 0 Å². The summed E-state index contributed by atoms with van der Waals surface area (Å²) in [4.78, 5) is 12.3. The predicted molar refractivity (Wildman–Crippen MR) is 85.8 cm³/mol. The van der Waals surface area contributed by atoms with Gasteiger partial charge in [-0.15, -0.1) is 0 Å². The number of hydrogen-bond acceptors (Lipinski definition) is 3. The van der Waals surface area contributed by atoms with E-state index in [0.717, 1.165) is 18.4 Å². The van der Waals surface area contributed by atoms with Gasteiger partial charge < -0.3 is 10.5 Å². The highest BCUT2D eigenvalue weighted by Gasteiger charge is 2.34. The lowest BCUT2D eigenvalue weighted by Crippen LogP contribution is -2.38. The Kier molecular flexibility index (Phi) is 4.24. The molecule has 1 aliphatic carbocycles. The number of carbonyl (C=O) groups excluding carboxylic acids is 1. The second-order valence-electron chi connectivity index (χ2n) is 6.84. The summed E-state index contributed by atoms with van der Waals surface area (Å²) in [5, 5.41) is 0. The molecule has 0 unspecified atom stereocenters. The molecule has 114 valence electrons. The van der Waals surface area contributed by atoms with Crippen LogP contribution in [-0.2, 0) is 21.6 Å². The number of rotatable bonds is 4. The fraction of sp³-hybridized carbons (Fsp3) is 0.500. The molecule has 0 amide bonds. The van der Waals surface area contributed by atoms with Crippen LogP contribution in [0.3, 0.4) is 0 Å².